The van der Waals surface area contributed by atoms with E-state index in [2.05, 4.69) is 5.32 Å². The molecule has 1 atom stereocenters. The van der Waals surface area contributed by atoms with E-state index in [0.29, 0.717) is 17.9 Å². The highest BCUT2D eigenvalue weighted by Crippen LogP contribution is 2.20. The van der Waals surface area contributed by atoms with Gasteiger partial charge in [0.05, 0.1) is 6.61 Å². The van der Waals surface area contributed by atoms with Gasteiger partial charge >= 0.3 is 5.97 Å². The van der Waals surface area contributed by atoms with Gasteiger partial charge in [-0.3, -0.25) is 4.79 Å². The molecule has 2 aromatic carbocycles. The van der Waals surface area contributed by atoms with Crippen LogP contribution in [0.25, 0.3) is 0 Å². The summed E-state index contributed by atoms with van der Waals surface area (Å²) in [7, 11) is 0. The second kappa shape index (κ2) is 9.76. The first-order chi connectivity index (χ1) is 12.9. The van der Waals surface area contributed by atoms with Gasteiger partial charge < -0.3 is 14.8 Å². The van der Waals surface area contributed by atoms with Crippen LogP contribution in [0.15, 0.2) is 42.5 Å². The number of rotatable bonds is 8. The Kier molecular flexibility index (Phi) is 7.41. The van der Waals surface area contributed by atoms with Gasteiger partial charge in [-0.05, 0) is 68.7 Å². The van der Waals surface area contributed by atoms with Crippen molar-refractivity contribution in [3.63, 3.8) is 0 Å². The highest BCUT2D eigenvalue weighted by molar-refractivity contribution is 6.04. The molecule has 0 aliphatic carbocycles. The van der Waals surface area contributed by atoms with Crippen molar-refractivity contribution in [3.8, 4) is 5.75 Å². The number of ether oxygens (including phenoxy) is 2. The summed E-state index contributed by atoms with van der Waals surface area (Å²) in [4.78, 5) is 24.3. The molecule has 0 fully saturated rings. The third-order valence-corrected chi connectivity index (χ3v) is 4.36. The van der Waals surface area contributed by atoms with E-state index >= 15 is 0 Å². The molecule has 5 heteroatoms. The fourth-order valence-corrected chi connectivity index (χ4v) is 2.45. The molecule has 1 amide bonds. The van der Waals surface area contributed by atoms with Crippen molar-refractivity contribution in [2.24, 2.45) is 0 Å². The molecule has 27 heavy (non-hydrogen) atoms. The van der Waals surface area contributed by atoms with Crippen molar-refractivity contribution in [1.29, 1.82) is 0 Å². The molecule has 2 rings (SSSR count). The highest BCUT2D eigenvalue weighted by atomic mass is 16.6. The first-order valence-electron chi connectivity index (χ1n) is 9.23. The van der Waals surface area contributed by atoms with Crippen molar-refractivity contribution in [2.45, 2.75) is 46.6 Å². The lowest BCUT2D eigenvalue weighted by Crippen LogP contribution is -2.26. The maximum atomic E-state index is 12.4. The van der Waals surface area contributed by atoms with Crippen molar-refractivity contribution >= 4 is 17.6 Å². The quantitative estimate of drug-likeness (QED) is 0.543. The van der Waals surface area contributed by atoms with Gasteiger partial charge in [-0.2, -0.15) is 0 Å². The molecule has 0 saturated carbocycles. The average molecular weight is 369 g/mol. The lowest BCUT2D eigenvalue weighted by molar-refractivity contribution is -0.151. The van der Waals surface area contributed by atoms with E-state index in [9.17, 15) is 9.59 Å². The Balaban J connectivity index is 1.95. The summed E-state index contributed by atoms with van der Waals surface area (Å²) >= 11 is 0. The molecule has 0 radical (unpaired) electrons. The zero-order valence-corrected chi connectivity index (χ0v) is 16.4. The van der Waals surface area contributed by atoms with E-state index in [1.807, 2.05) is 39.0 Å². The number of amides is 1. The van der Waals surface area contributed by atoms with E-state index in [1.54, 1.807) is 31.2 Å². The molecular weight excluding hydrogens is 342 g/mol. The summed E-state index contributed by atoms with van der Waals surface area (Å²) in [6, 6.07) is 12.5. The molecule has 144 valence electrons. The molecule has 5 nitrogen and oxygen atoms in total. The van der Waals surface area contributed by atoms with E-state index < -0.39 is 6.10 Å². The van der Waals surface area contributed by atoms with Crippen LogP contribution in [0.5, 0.6) is 5.75 Å². The normalized spacial score (nSPS) is 11.6. The van der Waals surface area contributed by atoms with Crippen LogP contribution >= 0.6 is 0 Å². The average Bonchev–Trinajstić information content (AvgIpc) is 2.66. The number of aryl methyl sites for hydroxylation is 1. The standard InChI is InChI=1S/C22H27NO4/c1-5-6-14-26-22(25)17(4)27-19-12-10-18(11-13-19)21(24)23-20-9-7-8-15(2)16(20)3/h7-13,17H,5-6,14H2,1-4H3,(H,23,24)/t17-/m0/s1. The largest absolute Gasteiger partial charge is 0.479 e. The maximum absolute atomic E-state index is 12.4. The molecule has 0 unspecified atom stereocenters. The van der Waals surface area contributed by atoms with Gasteiger partial charge in [-0.15, -0.1) is 0 Å². The molecular formula is C22H27NO4. The zero-order valence-electron chi connectivity index (χ0n) is 16.4. The van der Waals surface area contributed by atoms with E-state index in [4.69, 9.17) is 9.47 Å². The number of carbonyl (C=O) groups excluding carboxylic acids is 2. The van der Waals surface area contributed by atoms with Gasteiger partial charge in [0.2, 0.25) is 0 Å². The number of esters is 1. The summed E-state index contributed by atoms with van der Waals surface area (Å²) in [5, 5.41) is 2.92. The van der Waals surface area contributed by atoms with Crippen molar-refractivity contribution in [3.05, 3.63) is 59.2 Å². The first-order valence-corrected chi connectivity index (χ1v) is 9.23. The SMILES string of the molecule is CCCCOC(=O)[C@H](C)Oc1ccc(C(=O)Nc2cccc(C)c2C)cc1. The number of anilines is 1. The van der Waals surface area contributed by atoms with Crippen molar-refractivity contribution in [1.82, 2.24) is 0 Å². The molecule has 0 heterocycles. The monoisotopic (exact) mass is 369 g/mol. The minimum atomic E-state index is -0.698. The topological polar surface area (TPSA) is 64.6 Å². The minimum Gasteiger partial charge on any atom is -0.479 e. The summed E-state index contributed by atoms with van der Waals surface area (Å²) in [6.07, 6.45) is 1.10. The smallest absolute Gasteiger partial charge is 0.347 e. The van der Waals surface area contributed by atoms with Gasteiger partial charge in [0, 0.05) is 11.3 Å². The molecule has 0 aromatic heterocycles. The Morgan fingerprint density at radius 3 is 2.44 bits per heavy atom. The third-order valence-electron chi connectivity index (χ3n) is 4.36. The van der Waals surface area contributed by atoms with Crippen LogP contribution in [0.2, 0.25) is 0 Å². The summed E-state index contributed by atoms with van der Waals surface area (Å²) < 4.78 is 10.7. The predicted molar refractivity (Wildman–Crippen MR) is 106 cm³/mol. The van der Waals surface area contributed by atoms with Crippen LogP contribution in [0.4, 0.5) is 5.69 Å². The zero-order chi connectivity index (χ0) is 19.8. The van der Waals surface area contributed by atoms with E-state index in [1.165, 1.54) is 0 Å². The minimum absolute atomic E-state index is 0.192. The van der Waals surface area contributed by atoms with Crippen molar-refractivity contribution in [2.75, 3.05) is 11.9 Å². The molecule has 1 N–H and O–H groups in total. The van der Waals surface area contributed by atoms with Gasteiger partial charge in [-0.1, -0.05) is 25.5 Å². The lowest BCUT2D eigenvalue weighted by Gasteiger charge is -2.14. The first kappa shape index (κ1) is 20.5. The van der Waals surface area contributed by atoms with Crippen LogP contribution in [-0.4, -0.2) is 24.6 Å². The third kappa shape index (κ3) is 5.84. The Labute approximate surface area is 160 Å². The Morgan fingerprint density at radius 2 is 1.78 bits per heavy atom. The summed E-state index contributed by atoms with van der Waals surface area (Å²) in [6.45, 7) is 8.07. The fourth-order valence-electron chi connectivity index (χ4n) is 2.45. The van der Waals surface area contributed by atoms with Crippen LogP contribution in [0.3, 0.4) is 0 Å². The van der Waals surface area contributed by atoms with E-state index in [-0.39, 0.29) is 11.9 Å². The maximum Gasteiger partial charge on any atom is 0.347 e. The number of hydrogen-bond donors (Lipinski definition) is 1. The Morgan fingerprint density at radius 1 is 1.07 bits per heavy atom. The number of hydrogen-bond acceptors (Lipinski definition) is 4. The van der Waals surface area contributed by atoms with E-state index in [0.717, 1.165) is 29.7 Å². The second-order valence-corrected chi connectivity index (χ2v) is 6.51. The van der Waals surface area contributed by atoms with Crippen LogP contribution < -0.4 is 10.1 Å². The predicted octanol–water partition coefficient (Wildman–Crippen LogP) is 4.67. The van der Waals surface area contributed by atoms with Gasteiger partial charge in [-0.25, -0.2) is 4.79 Å². The van der Waals surface area contributed by atoms with Gasteiger partial charge in [0.1, 0.15) is 5.75 Å². The number of nitrogens with one attached hydrogen (secondary N) is 1. The Bertz CT molecular complexity index is 783. The fraction of sp³-hybridized carbons (Fsp3) is 0.364. The van der Waals surface area contributed by atoms with Crippen LogP contribution in [-0.2, 0) is 9.53 Å². The number of benzene rings is 2. The van der Waals surface area contributed by atoms with Crippen molar-refractivity contribution < 1.29 is 19.1 Å². The van der Waals surface area contributed by atoms with Gasteiger partial charge in [0.15, 0.2) is 6.10 Å². The molecule has 0 spiro atoms. The molecule has 2 aromatic rings. The van der Waals surface area contributed by atoms with Crippen LogP contribution in [0.1, 0.15) is 48.2 Å². The molecule has 0 aliphatic heterocycles. The molecule has 0 aliphatic rings. The number of unbranched alkanes of at least 4 members (excludes halogenated alkanes) is 1. The Hall–Kier alpha value is -2.82. The second-order valence-electron chi connectivity index (χ2n) is 6.51. The summed E-state index contributed by atoms with van der Waals surface area (Å²) in [5.74, 6) is -0.0688. The lowest BCUT2D eigenvalue weighted by atomic mass is 10.1. The highest BCUT2D eigenvalue weighted by Gasteiger charge is 2.16. The summed E-state index contributed by atoms with van der Waals surface area (Å²) in [5.41, 5.74) is 3.47. The molecule has 0 saturated heterocycles. The van der Waals surface area contributed by atoms with Gasteiger partial charge in [0.25, 0.3) is 5.91 Å². The number of carbonyl (C=O) groups is 2. The van der Waals surface area contributed by atoms with Crippen LogP contribution in [0, 0.1) is 13.8 Å². The molecule has 0 bridgehead atoms.